The van der Waals surface area contributed by atoms with Gasteiger partial charge in [-0.1, -0.05) is 24.3 Å². The van der Waals surface area contributed by atoms with Gasteiger partial charge in [0.1, 0.15) is 5.82 Å². The first-order valence-corrected chi connectivity index (χ1v) is 9.19. The molecule has 3 amide bonds. The lowest BCUT2D eigenvalue weighted by atomic mass is 10.1. The van der Waals surface area contributed by atoms with Gasteiger partial charge in [-0.25, -0.2) is 4.39 Å². The highest BCUT2D eigenvalue weighted by Crippen LogP contribution is 2.21. The molecule has 7 heteroatoms. The van der Waals surface area contributed by atoms with Crippen molar-refractivity contribution in [2.24, 2.45) is 0 Å². The SMILES string of the molecule is CC(=O)Nc1ccc(F)c(C(=O)Nc2ccccc2C(=O)Nc2cccc(C)c2)c1. The Morgan fingerprint density at radius 1 is 0.733 bits per heavy atom. The van der Waals surface area contributed by atoms with Crippen LogP contribution in [0.3, 0.4) is 0 Å². The van der Waals surface area contributed by atoms with Crippen LogP contribution in [0.25, 0.3) is 0 Å². The first-order chi connectivity index (χ1) is 14.3. The normalized spacial score (nSPS) is 10.2. The number of benzene rings is 3. The molecule has 0 radical (unpaired) electrons. The Balaban J connectivity index is 1.83. The maximum atomic E-state index is 14.2. The van der Waals surface area contributed by atoms with Crippen LogP contribution in [-0.4, -0.2) is 17.7 Å². The Labute approximate surface area is 173 Å². The lowest BCUT2D eigenvalue weighted by Crippen LogP contribution is -2.19. The Bertz CT molecular complexity index is 1130. The van der Waals surface area contributed by atoms with Crippen LogP contribution in [0.15, 0.2) is 66.7 Å². The Morgan fingerprint density at radius 3 is 2.17 bits per heavy atom. The van der Waals surface area contributed by atoms with Crippen LogP contribution in [0.4, 0.5) is 21.5 Å². The highest BCUT2D eigenvalue weighted by molar-refractivity contribution is 6.12. The third-order valence-corrected chi connectivity index (χ3v) is 4.23. The minimum absolute atomic E-state index is 0.228. The number of aryl methyl sites for hydroxylation is 1. The fraction of sp³-hybridized carbons (Fsp3) is 0.0870. The van der Waals surface area contributed by atoms with E-state index in [1.807, 2.05) is 25.1 Å². The van der Waals surface area contributed by atoms with Gasteiger partial charge in [0.25, 0.3) is 11.8 Å². The number of amides is 3. The van der Waals surface area contributed by atoms with Crippen molar-refractivity contribution in [2.75, 3.05) is 16.0 Å². The molecule has 0 aromatic heterocycles. The first kappa shape index (κ1) is 20.7. The molecule has 0 fully saturated rings. The quantitative estimate of drug-likeness (QED) is 0.580. The van der Waals surface area contributed by atoms with E-state index in [1.54, 1.807) is 30.3 Å². The fourth-order valence-corrected chi connectivity index (χ4v) is 2.88. The summed E-state index contributed by atoms with van der Waals surface area (Å²) in [5.74, 6) is -2.24. The minimum Gasteiger partial charge on any atom is -0.326 e. The van der Waals surface area contributed by atoms with Crippen LogP contribution in [0.1, 0.15) is 33.2 Å². The smallest absolute Gasteiger partial charge is 0.258 e. The number of hydrogen-bond donors (Lipinski definition) is 3. The predicted molar refractivity (Wildman–Crippen MR) is 114 cm³/mol. The third kappa shape index (κ3) is 5.08. The molecule has 0 saturated carbocycles. The molecule has 0 saturated heterocycles. The van der Waals surface area contributed by atoms with E-state index in [1.165, 1.54) is 19.1 Å². The van der Waals surface area contributed by atoms with Crippen molar-refractivity contribution >= 4 is 34.8 Å². The van der Waals surface area contributed by atoms with Crippen molar-refractivity contribution in [3.05, 3.63) is 89.2 Å². The Kier molecular flexibility index (Phi) is 6.22. The van der Waals surface area contributed by atoms with Gasteiger partial charge < -0.3 is 16.0 Å². The highest BCUT2D eigenvalue weighted by Gasteiger charge is 2.17. The molecule has 3 N–H and O–H groups in total. The summed E-state index contributed by atoms with van der Waals surface area (Å²) in [5, 5.41) is 7.86. The summed E-state index contributed by atoms with van der Waals surface area (Å²) in [4.78, 5) is 36.6. The number of rotatable bonds is 5. The molecule has 30 heavy (non-hydrogen) atoms. The summed E-state index contributed by atoms with van der Waals surface area (Å²) in [5.41, 5.74) is 2.11. The van der Waals surface area contributed by atoms with Gasteiger partial charge in [0, 0.05) is 18.3 Å². The molecule has 0 bridgehead atoms. The molecule has 3 aromatic carbocycles. The predicted octanol–water partition coefficient (Wildman–Crippen LogP) is 4.60. The second-order valence-corrected chi connectivity index (χ2v) is 6.70. The third-order valence-electron chi connectivity index (χ3n) is 4.23. The second kappa shape index (κ2) is 9.00. The number of carbonyl (C=O) groups excluding carboxylic acids is 3. The van der Waals surface area contributed by atoms with E-state index in [4.69, 9.17) is 0 Å². The maximum Gasteiger partial charge on any atom is 0.258 e. The molecule has 0 heterocycles. The lowest BCUT2D eigenvalue weighted by Gasteiger charge is -2.13. The molecule has 152 valence electrons. The average Bonchev–Trinajstić information content (AvgIpc) is 2.69. The lowest BCUT2D eigenvalue weighted by molar-refractivity contribution is -0.114. The van der Waals surface area contributed by atoms with E-state index in [9.17, 15) is 18.8 Å². The number of carbonyl (C=O) groups is 3. The van der Waals surface area contributed by atoms with Crippen LogP contribution in [0, 0.1) is 12.7 Å². The molecule has 6 nitrogen and oxygen atoms in total. The van der Waals surface area contributed by atoms with Gasteiger partial charge >= 0.3 is 0 Å². The second-order valence-electron chi connectivity index (χ2n) is 6.70. The van der Waals surface area contributed by atoms with Crippen LogP contribution in [0.5, 0.6) is 0 Å². The molecule has 0 aliphatic heterocycles. The van der Waals surface area contributed by atoms with E-state index in [0.717, 1.165) is 11.6 Å². The molecule has 0 spiro atoms. The Hall–Kier alpha value is -4.00. The maximum absolute atomic E-state index is 14.2. The number of hydrogen-bond acceptors (Lipinski definition) is 3. The summed E-state index contributed by atoms with van der Waals surface area (Å²) < 4.78 is 14.2. The van der Waals surface area contributed by atoms with Gasteiger partial charge in [-0.05, 0) is 55.0 Å². The van der Waals surface area contributed by atoms with Gasteiger partial charge in [0.05, 0.1) is 16.8 Å². The van der Waals surface area contributed by atoms with Crippen molar-refractivity contribution < 1.29 is 18.8 Å². The Morgan fingerprint density at radius 2 is 1.43 bits per heavy atom. The molecule has 0 atom stereocenters. The number of nitrogens with one attached hydrogen (secondary N) is 3. The van der Waals surface area contributed by atoms with Gasteiger partial charge in [-0.15, -0.1) is 0 Å². The topological polar surface area (TPSA) is 87.3 Å². The average molecular weight is 405 g/mol. The summed E-state index contributed by atoms with van der Waals surface area (Å²) in [7, 11) is 0. The van der Waals surface area contributed by atoms with Crippen LogP contribution in [-0.2, 0) is 4.79 Å². The summed E-state index contributed by atoms with van der Waals surface area (Å²) in [6.07, 6.45) is 0. The largest absolute Gasteiger partial charge is 0.326 e. The highest BCUT2D eigenvalue weighted by atomic mass is 19.1. The zero-order valence-electron chi connectivity index (χ0n) is 16.5. The van der Waals surface area contributed by atoms with Crippen molar-refractivity contribution in [3.8, 4) is 0 Å². The van der Waals surface area contributed by atoms with E-state index in [0.29, 0.717) is 11.4 Å². The number of halogens is 1. The zero-order chi connectivity index (χ0) is 21.7. The van der Waals surface area contributed by atoms with Gasteiger partial charge in [0.2, 0.25) is 5.91 Å². The van der Waals surface area contributed by atoms with Crippen molar-refractivity contribution in [1.82, 2.24) is 0 Å². The van der Waals surface area contributed by atoms with E-state index >= 15 is 0 Å². The van der Waals surface area contributed by atoms with E-state index < -0.39 is 17.6 Å². The van der Waals surface area contributed by atoms with E-state index in [2.05, 4.69) is 16.0 Å². The summed E-state index contributed by atoms with van der Waals surface area (Å²) >= 11 is 0. The molecular weight excluding hydrogens is 385 g/mol. The van der Waals surface area contributed by atoms with Crippen molar-refractivity contribution in [3.63, 3.8) is 0 Å². The molecular formula is C23H20FN3O3. The molecule has 0 unspecified atom stereocenters. The zero-order valence-corrected chi connectivity index (χ0v) is 16.5. The van der Waals surface area contributed by atoms with Gasteiger partial charge in [-0.2, -0.15) is 0 Å². The molecule has 0 aliphatic rings. The number of para-hydroxylation sites is 1. The monoisotopic (exact) mass is 405 g/mol. The van der Waals surface area contributed by atoms with Crippen molar-refractivity contribution in [2.45, 2.75) is 13.8 Å². The first-order valence-electron chi connectivity index (χ1n) is 9.19. The van der Waals surface area contributed by atoms with Crippen LogP contribution in [0.2, 0.25) is 0 Å². The number of anilines is 3. The van der Waals surface area contributed by atoms with Gasteiger partial charge in [-0.3, -0.25) is 14.4 Å². The molecule has 3 rings (SSSR count). The van der Waals surface area contributed by atoms with E-state index in [-0.39, 0.29) is 22.7 Å². The standard InChI is InChI=1S/C23H20FN3O3/c1-14-6-5-7-16(12-14)26-22(29)18-8-3-4-9-21(18)27-23(30)19-13-17(25-15(2)28)10-11-20(19)24/h3-13H,1-2H3,(H,25,28)(H,26,29)(H,27,30). The summed E-state index contributed by atoms with van der Waals surface area (Å²) in [6, 6.07) is 17.4. The van der Waals surface area contributed by atoms with Gasteiger partial charge in [0.15, 0.2) is 0 Å². The molecule has 3 aromatic rings. The fourth-order valence-electron chi connectivity index (χ4n) is 2.88. The van der Waals surface area contributed by atoms with Crippen LogP contribution >= 0.6 is 0 Å². The molecule has 0 aliphatic carbocycles. The summed E-state index contributed by atoms with van der Waals surface area (Å²) in [6.45, 7) is 3.22. The van der Waals surface area contributed by atoms with Crippen molar-refractivity contribution in [1.29, 1.82) is 0 Å². The minimum atomic E-state index is -0.747. The van der Waals surface area contributed by atoms with Crippen LogP contribution < -0.4 is 16.0 Å².